The van der Waals surface area contributed by atoms with Gasteiger partial charge in [-0.25, -0.2) is 0 Å². The summed E-state index contributed by atoms with van der Waals surface area (Å²) in [5.41, 5.74) is 1.18. The lowest BCUT2D eigenvalue weighted by molar-refractivity contribution is -0.124. The molecule has 7 heteroatoms. The highest BCUT2D eigenvalue weighted by molar-refractivity contribution is 6.63. The Hall–Kier alpha value is 0.300. The molecule has 0 amide bonds. The van der Waals surface area contributed by atoms with Gasteiger partial charge >= 0.3 is 0 Å². The molecule has 1 aromatic carbocycles. The minimum Gasteiger partial charge on any atom is -0.381 e. The Balaban J connectivity index is -0.000000263. The summed E-state index contributed by atoms with van der Waals surface area (Å²) in [4.78, 5) is 10.5. The quantitative estimate of drug-likeness (QED) is 0.363. The SMILES string of the molecule is C1CCOC1.CC(=O)C(C)(C)C.Cc1ccccc1.ClC(Cl)Cl.ClCCl. The Labute approximate surface area is 184 Å². The van der Waals surface area contributed by atoms with Gasteiger partial charge in [0, 0.05) is 18.6 Å². The molecule has 0 N–H and O–H groups in total. The molecule has 154 valence electrons. The van der Waals surface area contributed by atoms with E-state index in [0.29, 0.717) is 0 Å². The van der Waals surface area contributed by atoms with Crippen LogP contribution in [-0.2, 0) is 9.53 Å². The molecule has 26 heavy (non-hydrogen) atoms. The van der Waals surface area contributed by atoms with Crippen LogP contribution in [-0.4, -0.2) is 28.6 Å². The minimum atomic E-state index is -0.750. The number of benzene rings is 1. The first-order chi connectivity index (χ1) is 12.0. The molecule has 1 saturated heterocycles. The highest BCUT2D eigenvalue weighted by atomic mass is 35.6. The first-order valence-corrected chi connectivity index (χ1v) is 10.5. The Kier molecular flexibility index (Phi) is 25.8. The van der Waals surface area contributed by atoms with E-state index in [1.165, 1.54) is 18.4 Å². The number of hydrogen-bond acceptors (Lipinski definition) is 2. The molecule has 1 aliphatic rings. The number of Topliss-reactive ketones (excluding diaryl/α,β-unsaturated/α-hetero) is 1. The monoisotopic (exact) mass is 466 g/mol. The zero-order valence-corrected chi connectivity index (χ0v) is 20.0. The van der Waals surface area contributed by atoms with Crippen molar-refractivity contribution >= 4 is 63.8 Å². The molecule has 1 aliphatic heterocycles. The highest BCUT2D eigenvalue weighted by Gasteiger charge is 2.14. The van der Waals surface area contributed by atoms with Crippen molar-refractivity contribution in [3.63, 3.8) is 0 Å². The lowest BCUT2D eigenvalue weighted by Crippen LogP contribution is -2.15. The van der Waals surface area contributed by atoms with Crippen LogP contribution in [0.3, 0.4) is 0 Å². The van der Waals surface area contributed by atoms with Crippen molar-refractivity contribution in [1.29, 1.82) is 0 Å². The predicted octanol–water partition coefficient (Wildman–Crippen LogP) is 7.82. The fourth-order valence-corrected chi connectivity index (χ4v) is 1.04. The molecule has 0 radical (unpaired) electrons. The van der Waals surface area contributed by atoms with Crippen LogP contribution in [0.1, 0.15) is 46.1 Å². The summed E-state index contributed by atoms with van der Waals surface area (Å²) >= 11 is 23.9. The molecular weight excluding hydrogens is 437 g/mol. The Bertz CT molecular complexity index is 392. The van der Waals surface area contributed by atoms with Gasteiger partial charge < -0.3 is 4.74 Å². The second kappa shape index (κ2) is 21.6. The van der Waals surface area contributed by atoms with E-state index in [4.69, 9.17) is 62.7 Å². The number of alkyl halides is 5. The number of halogens is 5. The highest BCUT2D eigenvalue weighted by Crippen LogP contribution is 2.12. The number of aryl methyl sites for hydroxylation is 1. The van der Waals surface area contributed by atoms with E-state index in [1.807, 2.05) is 39.0 Å². The molecule has 0 atom stereocenters. The standard InChI is InChI=1S/C7H8.C6H12O.C4H8O.CHCl3.CH2Cl2/c1-7-5-3-2-4-6-7;1-5(7)6(2,3)4;1-2-4-5-3-1;2-1(3)4;2-1-3/h2-6H,1H3;1-4H3;1-4H2;1H;1H2. The molecule has 1 aromatic rings. The van der Waals surface area contributed by atoms with Crippen LogP contribution in [0.2, 0.25) is 0 Å². The smallest absolute Gasteiger partial charge is 0.180 e. The minimum absolute atomic E-state index is 0.139. The summed E-state index contributed by atoms with van der Waals surface area (Å²) in [5.74, 6) is 0.243. The van der Waals surface area contributed by atoms with Crippen molar-refractivity contribution in [2.75, 3.05) is 18.6 Å². The molecule has 0 bridgehead atoms. The maximum atomic E-state index is 10.5. The van der Waals surface area contributed by atoms with Crippen LogP contribution < -0.4 is 0 Å². The fraction of sp³-hybridized carbons (Fsp3) is 0.632. The van der Waals surface area contributed by atoms with Crippen LogP contribution in [0.4, 0.5) is 0 Å². The van der Waals surface area contributed by atoms with Gasteiger partial charge in [-0.15, -0.1) is 23.2 Å². The van der Waals surface area contributed by atoms with Crippen molar-refractivity contribution in [1.82, 2.24) is 0 Å². The second-order valence-electron chi connectivity index (χ2n) is 6.13. The number of rotatable bonds is 0. The van der Waals surface area contributed by atoms with E-state index in [9.17, 15) is 4.79 Å². The van der Waals surface area contributed by atoms with E-state index in [2.05, 4.69) is 19.1 Å². The fourth-order valence-electron chi connectivity index (χ4n) is 1.04. The maximum absolute atomic E-state index is 10.5. The third-order valence-corrected chi connectivity index (χ3v) is 2.82. The summed E-state index contributed by atoms with van der Waals surface area (Å²) in [5, 5.41) is 0.194. The van der Waals surface area contributed by atoms with Gasteiger partial charge in [0.05, 0.1) is 5.34 Å². The average Bonchev–Trinajstić information content (AvgIpc) is 3.07. The van der Waals surface area contributed by atoms with Crippen molar-refractivity contribution in [3.05, 3.63) is 35.9 Å². The predicted molar refractivity (Wildman–Crippen MR) is 119 cm³/mol. The third-order valence-electron chi connectivity index (χ3n) is 2.82. The molecule has 0 aliphatic carbocycles. The molecule has 0 unspecified atom stereocenters. The largest absolute Gasteiger partial charge is 0.381 e. The van der Waals surface area contributed by atoms with Crippen LogP contribution in [0.25, 0.3) is 0 Å². The number of carbonyl (C=O) groups excluding carboxylic acids is 1. The second-order valence-corrected chi connectivity index (χ2v) is 8.92. The summed E-state index contributed by atoms with van der Waals surface area (Å²) in [6.45, 7) is 11.4. The van der Waals surface area contributed by atoms with E-state index in [-0.39, 0.29) is 16.5 Å². The summed E-state index contributed by atoms with van der Waals surface area (Å²) in [6.07, 6.45) is 2.56. The van der Waals surface area contributed by atoms with Crippen LogP contribution >= 0.6 is 58.0 Å². The summed E-state index contributed by atoms with van der Waals surface area (Å²) in [6, 6.07) is 10.3. The molecular formula is C19H31Cl5O2. The molecule has 1 heterocycles. The number of carbonyl (C=O) groups is 1. The van der Waals surface area contributed by atoms with E-state index < -0.39 is 4.30 Å². The zero-order valence-electron chi connectivity index (χ0n) is 16.2. The Morgan fingerprint density at radius 3 is 1.46 bits per heavy atom. The first kappa shape index (κ1) is 31.0. The lowest BCUT2D eigenvalue weighted by Gasteiger charge is -2.11. The van der Waals surface area contributed by atoms with E-state index in [0.717, 1.165) is 13.2 Å². The van der Waals surface area contributed by atoms with Crippen molar-refractivity contribution in [3.8, 4) is 0 Å². The number of ether oxygens (including phenoxy) is 1. The van der Waals surface area contributed by atoms with Gasteiger partial charge in [-0.3, -0.25) is 4.79 Å². The van der Waals surface area contributed by atoms with Gasteiger partial charge in [-0.05, 0) is 26.7 Å². The van der Waals surface area contributed by atoms with Gasteiger partial charge in [0.1, 0.15) is 5.78 Å². The third kappa shape index (κ3) is 35.4. The van der Waals surface area contributed by atoms with Gasteiger partial charge in [-0.1, -0.05) is 91.5 Å². The van der Waals surface area contributed by atoms with Crippen molar-refractivity contribution < 1.29 is 9.53 Å². The van der Waals surface area contributed by atoms with Gasteiger partial charge in [0.2, 0.25) is 0 Å². The maximum Gasteiger partial charge on any atom is 0.180 e. The summed E-state index contributed by atoms with van der Waals surface area (Å²) < 4.78 is 4.19. The number of ketones is 1. The van der Waals surface area contributed by atoms with Crippen LogP contribution in [0.5, 0.6) is 0 Å². The molecule has 2 nitrogen and oxygen atoms in total. The summed E-state index contributed by atoms with van der Waals surface area (Å²) in [7, 11) is 0. The Morgan fingerprint density at radius 1 is 1.04 bits per heavy atom. The van der Waals surface area contributed by atoms with Crippen molar-refractivity contribution in [2.45, 2.75) is 51.8 Å². The molecule has 2 rings (SSSR count). The van der Waals surface area contributed by atoms with Crippen LogP contribution in [0, 0.1) is 12.3 Å². The van der Waals surface area contributed by atoms with Crippen molar-refractivity contribution in [2.24, 2.45) is 5.41 Å². The molecule has 1 fully saturated rings. The average molecular weight is 469 g/mol. The Morgan fingerprint density at radius 2 is 1.35 bits per heavy atom. The topological polar surface area (TPSA) is 26.3 Å². The van der Waals surface area contributed by atoms with E-state index in [1.54, 1.807) is 6.92 Å². The van der Waals surface area contributed by atoms with Gasteiger partial charge in [0.25, 0.3) is 0 Å². The normalized spacial score (nSPS) is 12.1. The lowest BCUT2D eigenvalue weighted by atomic mass is 9.92. The number of hydrogen-bond donors (Lipinski definition) is 0. The molecule has 0 aromatic heterocycles. The van der Waals surface area contributed by atoms with Gasteiger partial charge in [0.15, 0.2) is 4.30 Å². The molecule has 0 spiro atoms. The van der Waals surface area contributed by atoms with Crippen LogP contribution in [0.15, 0.2) is 30.3 Å². The first-order valence-electron chi connectivity index (χ1n) is 8.13. The van der Waals surface area contributed by atoms with E-state index >= 15 is 0 Å². The molecule has 0 saturated carbocycles. The zero-order chi connectivity index (χ0) is 21.0. The van der Waals surface area contributed by atoms with Gasteiger partial charge in [-0.2, -0.15) is 0 Å².